The van der Waals surface area contributed by atoms with Crippen molar-refractivity contribution in [1.29, 1.82) is 0 Å². The van der Waals surface area contributed by atoms with Crippen LogP contribution in [0, 0.1) is 0 Å². The number of carbonyl (C=O) groups is 1. The number of Topliss-reactive ketones (excluding diaryl/α,β-unsaturated/α-hetero) is 1. The number of rotatable bonds is 10. The molecule has 1 atom stereocenters. The Hall–Kier alpha value is -0.410. The molecule has 0 N–H and O–H groups in total. The number of ether oxygens (including phenoxy) is 2. The van der Waals surface area contributed by atoms with Gasteiger partial charge in [-0.3, -0.25) is 4.79 Å². The Balaban J connectivity index is 3.32. The molecule has 0 rings (SSSR count). The van der Waals surface area contributed by atoms with Crippen LogP contribution in [0.1, 0.15) is 46.0 Å². The Kier molecular flexibility index (Phi) is 9.84. The highest BCUT2D eigenvalue weighted by Gasteiger charge is 2.06. The van der Waals surface area contributed by atoms with Gasteiger partial charge in [-0.2, -0.15) is 0 Å². The average Bonchev–Trinajstić information content (AvgIpc) is 2.22. The summed E-state index contributed by atoms with van der Waals surface area (Å²) in [5.41, 5.74) is 0. The number of hydrogen-bond donors (Lipinski definition) is 0. The van der Waals surface area contributed by atoms with Gasteiger partial charge in [-0.25, -0.2) is 0 Å². The highest BCUT2D eigenvalue weighted by Crippen LogP contribution is 2.07. The zero-order valence-corrected chi connectivity index (χ0v) is 10.3. The maximum Gasteiger partial charge on any atom is 0.183 e. The molecule has 0 bridgehead atoms. The molecule has 0 aliphatic rings. The monoisotopic (exact) mass is 216 g/mol. The second-order valence-electron chi connectivity index (χ2n) is 3.94. The van der Waals surface area contributed by atoms with Crippen molar-refractivity contribution in [2.24, 2.45) is 0 Å². The molecule has 90 valence electrons. The fourth-order valence-corrected chi connectivity index (χ4v) is 1.38. The van der Waals surface area contributed by atoms with Crippen LogP contribution in [0.5, 0.6) is 0 Å². The summed E-state index contributed by atoms with van der Waals surface area (Å²) in [6.07, 6.45) is 6.21. The minimum atomic E-state index is 0.0120. The lowest BCUT2D eigenvalue weighted by Crippen LogP contribution is -2.19. The predicted octanol–water partition coefficient (Wildman–Crippen LogP) is 2.58. The van der Waals surface area contributed by atoms with E-state index in [9.17, 15) is 4.79 Å². The first-order valence-corrected chi connectivity index (χ1v) is 5.83. The molecule has 0 saturated heterocycles. The van der Waals surface area contributed by atoms with Crippen molar-refractivity contribution >= 4 is 5.78 Å². The van der Waals surface area contributed by atoms with Gasteiger partial charge in [0.05, 0.1) is 6.10 Å². The van der Waals surface area contributed by atoms with E-state index in [4.69, 9.17) is 9.47 Å². The lowest BCUT2D eigenvalue weighted by Gasteiger charge is -2.11. The third-order valence-electron chi connectivity index (χ3n) is 2.30. The fraction of sp³-hybridized carbons (Fsp3) is 0.917. The molecule has 0 saturated carbocycles. The van der Waals surface area contributed by atoms with Gasteiger partial charge in [-0.1, -0.05) is 32.6 Å². The summed E-state index contributed by atoms with van der Waals surface area (Å²) < 4.78 is 10.1. The first kappa shape index (κ1) is 14.6. The molecule has 0 aromatic carbocycles. The maximum absolute atomic E-state index is 11.1. The van der Waals surface area contributed by atoms with Gasteiger partial charge in [0.1, 0.15) is 13.2 Å². The molecule has 1 unspecified atom stereocenters. The van der Waals surface area contributed by atoms with Crippen LogP contribution in [-0.2, 0) is 14.3 Å². The molecular formula is C12H24O3. The molecule has 0 radical (unpaired) electrons. The smallest absolute Gasteiger partial charge is 0.183 e. The highest BCUT2D eigenvalue weighted by atomic mass is 16.5. The average molecular weight is 216 g/mol. The van der Waals surface area contributed by atoms with Gasteiger partial charge in [-0.15, -0.1) is 0 Å². The minimum Gasteiger partial charge on any atom is -0.377 e. The van der Waals surface area contributed by atoms with Gasteiger partial charge in [-0.05, 0) is 13.3 Å². The number of ketones is 1. The summed E-state index contributed by atoms with van der Waals surface area (Å²) in [7, 11) is 1.52. The summed E-state index contributed by atoms with van der Waals surface area (Å²) in [6, 6.07) is 0. The second-order valence-corrected chi connectivity index (χ2v) is 3.94. The second kappa shape index (κ2) is 10.1. The van der Waals surface area contributed by atoms with E-state index in [1.165, 1.54) is 32.8 Å². The first-order valence-electron chi connectivity index (χ1n) is 5.83. The van der Waals surface area contributed by atoms with E-state index >= 15 is 0 Å². The van der Waals surface area contributed by atoms with Crippen molar-refractivity contribution in [3.63, 3.8) is 0 Å². The SMILES string of the molecule is CCCCCCC(C)OCC(=O)COC. The van der Waals surface area contributed by atoms with E-state index in [0.29, 0.717) is 0 Å². The number of unbranched alkanes of at least 4 members (excludes halogenated alkanes) is 3. The molecule has 15 heavy (non-hydrogen) atoms. The van der Waals surface area contributed by atoms with Crippen LogP contribution in [-0.4, -0.2) is 32.2 Å². The minimum absolute atomic E-state index is 0.0120. The summed E-state index contributed by atoms with van der Waals surface area (Å²) in [5.74, 6) is 0.0120. The van der Waals surface area contributed by atoms with Gasteiger partial charge < -0.3 is 9.47 Å². The lowest BCUT2D eigenvalue weighted by atomic mass is 10.1. The highest BCUT2D eigenvalue weighted by molar-refractivity contribution is 5.80. The fourth-order valence-electron chi connectivity index (χ4n) is 1.38. The zero-order valence-electron chi connectivity index (χ0n) is 10.3. The van der Waals surface area contributed by atoms with E-state index in [-0.39, 0.29) is 25.1 Å². The van der Waals surface area contributed by atoms with Crippen molar-refractivity contribution in [2.45, 2.75) is 52.1 Å². The summed E-state index contributed by atoms with van der Waals surface area (Å²) in [5, 5.41) is 0. The summed E-state index contributed by atoms with van der Waals surface area (Å²) in [6.45, 7) is 4.56. The zero-order chi connectivity index (χ0) is 11.5. The van der Waals surface area contributed by atoms with E-state index in [2.05, 4.69) is 6.92 Å². The van der Waals surface area contributed by atoms with Crippen LogP contribution < -0.4 is 0 Å². The molecular weight excluding hydrogens is 192 g/mol. The van der Waals surface area contributed by atoms with E-state index in [1.54, 1.807) is 0 Å². The molecule has 0 aliphatic carbocycles. The topological polar surface area (TPSA) is 35.5 Å². The number of hydrogen-bond acceptors (Lipinski definition) is 3. The van der Waals surface area contributed by atoms with Crippen LogP contribution >= 0.6 is 0 Å². The molecule has 3 nitrogen and oxygen atoms in total. The maximum atomic E-state index is 11.1. The Morgan fingerprint density at radius 1 is 1.20 bits per heavy atom. The predicted molar refractivity (Wildman–Crippen MR) is 61.1 cm³/mol. The molecule has 0 spiro atoms. The normalized spacial score (nSPS) is 12.7. The summed E-state index contributed by atoms with van der Waals surface area (Å²) in [4.78, 5) is 11.1. The molecule has 3 heteroatoms. The standard InChI is InChI=1S/C12H24O3/c1-4-5-6-7-8-11(2)15-10-12(13)9-14-3/h11H,4-10H2,1-3H3. The van der Waals surface area contributed by atoms with Crippen LogP contribution in [0.25, 0.3) is 0 Å². The van der Waals surface area contributed by atoms with E-state index < -0.39 is 0 Å². The van der Waals surface area contributed by atoms with E-state index in [0.717, 1.165) is 6.42 Å². The molecule has 0 aromatic rings. The van der Waals surface area contributed by atoms with Gasteiger partial charge >= 0.3 is 0 Å². The third kappa shape index (κ3) is 9.88. The van der Waals surface area contributed by atoms with Crippen LogP contribution in [0.4, 0.5) is 0 Å². The van der Waals surface area contributed by atoms with Crippen molar-refractivity contribution in [3.8, 4) is 0 Å². The molecule has 0 amide bonds. The van der Waals surface area contributed by atoms with Gasteiger partial charge in [0, 0.05) is 7.11 Å². The van der Waals surface area contributed by atoms with Crippen molar-refractivity contribution in [2.75, 3.05) is 20.3 Å². The van der Waals surface area contributed by atoms with Crippen molar-refractivity contribution in [1.82, 2.24) is 0 Å². The molecule has 0 fully saturated rings. The molecule has 0 aliphatic heterocycles. The first-order chi connectivity index (χ1) is 7.20. The Morgan fingerprint density at radius 2 is 1.93 bits per heavy atom. The van der Waals surface area contributed by atoms with Gasteiger partial charge in [0.15, 0.2) is 5.78 Å². The van der Waals surface area contributed by atoms with Crippen LogP contribution in [0.3, 0.4) is 0 Å². The number of carbonyl (C=O) groups excluding carboxylic acids is 1. The Morgan fingerprint density at radius 3 is 2.53 bits per heavy atom. The molecule has 0 heterocycles. The Bertz CT molecular complexity index is 157. The van der Waals surface area contributed by atoms with Crippen molar-refractivity contribution in [3.05, 3.63) is 0 Å². The largest absolute Gasteiger partial charge is 0.377 e. The number of methoxy groups -OCH3 is 1. The van der Waals surface area contributed by atoms with Crippen LogP contribution in [0.15, 0.2) is 0 Å². The third-order valence-corrected chi connectivity index (χ3v) is 2.30. The van der Waals surface area contributed by atoms with Gasteiger partial charge in [0.2, 0.25) is 0 Å². The van der Waals surface area contributed by atoms with Gasteiger partial charge in [0.25, 0.3) is 0 Å². The molecule has 0 aromatic heterocycles. The van der Waals surface area contributed by atoms with E-state index in [1.807, 2.05) is 6.92 Å². The quantitative estimate of drug-likeness (QED) is 0.526. The van der Waals surface area contributed by atoms with Crippen LogP contribution in [0.2, 0.25) is 0 Å². The Labute approximate surface area is 93.1 Å². The van der Waals surface area contributed by atoms with Crippen molar-refractivity contribution < 1.29 is 14.3 Å². The lowest BCUT2D eigenvalue weighted by molar-refractivity contribution is -0.129. The summed E-state index contributed by atoms with van der Waals surface area (Å²) >= 11 is 0.